The molecule has 0 atom stereocenters. The Morgan fingerprint density at radius 2 is 1.67 bits per heavy atom. The lowest BCUT2D eigenvalue weighted by molar-refractivity contribution is 0.201. The number of aromatic nitrogens is 4. The van der Waals surface area contributed by atoms with Gasteiger partial charge in [0.2, 0.25) is 0 Å². The van der Waals surface area contributed by atoms with Crippen molar-refractivity contribution in [2.45, 2.75) is 25.3 Å². The van der Waals surface area contributed by atoms with E-state index >= 15 is 0 Å². The fourth-order valence-corrected chi connectivity index (χ4v) is 3.45. The zero-order valence-electron chi connectivity index (χ0n) is 13.3. The first-order valence-corrected chi connectivity index (χ1v) is 8.97. The first kappa shape index (κ1) is 15.6. The average molecular weight is 384 g/mol. The van der Waals surface area contributed by atoms with E-state index in [0.29, 0.717) is 5.92 Å². The molecule has 0 aliphatic carbocycles. The van der Waals surface area contributed by atoms with Gasteiger partial charge in [-0.15, -0.1) is 0 Å². The molecule has 3 aromatic rings. The highest BCUT2D eigenvalue weighted by Crippen LogP contribution is 2.26. The second-order valence-electron chi connectivity index (χ2n) is 6.19. The molecule has 3 heterocycles. The van der Waals surface area contributed by atoms with Crippen molar-refractivity contribution in [2.75, 3.05) is 13.1 Å². The van der Waals surface area contributed by atoms with Crippen molar-refractivity contribution in [1.29, 1.82) is 0 Å². The number of hydrogen-bond donors (Lipinski definition) is 0. The van der Waals surface area contributed by atoms with Gasteiger partial charge < -0.3 is 0 Å². The minimum Gasteiger partial charge on any atom is -0.299 e. The molecule has 0 unspecified atom stereocenters. The summed E-state index contributed by atoms with van der Waals surface area (Å²) in [5, 5.41) is 0. The molecule has 5 nitrogen and oxygen atoms in total. The van der Waals surface area contributed by atoms with Gasteiger partial charge in [0.05, 0.1) is 15.5 Å². The summed E-state index contributed by atoms with van der Waals surface area (Å²) in [6.45, 7) is 3.10. The Bertz CT molecular complexity index is 828. The van der Waals surface area contributed by atoms with E-state index in [1.165, 1.54) is 5.56 Å². The molecule has 1 fully saturated rings. The Morgan fingerprint density at radius 3 is 2.42 bits per heavy atom. The summed E-state index contributed by atoms with van der Waals surface area (Å²) in [4.78, 5) is 20.1. The van der Waals surface area contributed by atoms with Crippen molar-refractivity contribution in [1.82, 2.24) is 24.8 Å². The molecule has 24 heavy (non-hydrogen) atoms. The fourth-order valence-electron chi connectivity index (χ4n) is 3.25. The van der Waals surface area contributed by atoms with Crippen LogP contribution in [0.1, 0.15) is 30.1 Å². The lowest BCUT2D eigenvalue weighted by Gasteiger charge is -2.31. The fraction of sp³-hybridized carbons (Fsp3) is 0.333. The molecular formula is C18H18BrN5. The number of piperidine rings is 1. The number of hydrogen-bond acceptors (Lipinski definition) is 5. The van der Waals surface area contributed by atoms with E-state index in [0.717, 1.165) is 53.8 Å². The van der Waals surface area contributed by atoms with Crippen LogP contribution in [0.25, 0.3) is 11.0 Å². The molecule has 122 valence electrons. The highest BCUT2D eigenvalue weighted by Gasteiger charge is 2.22. The van der Waals surface area contributed by atoms with Crippen molar-refractivity contribution < 1.29 is 0 Å². The second-order valence-corrected chi connectivity index (χ2v) is 7.10. The maximum Gasteiger partial charge on any atom is 0.131 e. The summed E-state index contributed by atoms with van der Waals surface area (Å²) < 4.78 is 0.933. The van der Waals surface area contributed by atoms with Crippen molar-refractivity contribution in [3.63, 3.8) is 0 Å². The van der Waals surface area contributed by atoms with Gasteiger partial charge >= 0.3 is 0 Å². The molecule has 0 amide bonds. The van der Waals surface area contributed by atoms with Crippen molar-refractivity contribution in [2.24, 2.45) is 0 Å². The molecule has 1 aliphatic heterocycles. The summed E-state index contributed by atoms with van der Waals surface area (Å²) in [5.41, 5.74) is 3.21. The van der Waals surface area contributed by atoms with Gasteiger partial charge in [0.25, 0.3) is 0 Å². The summed E-state index contributed by atoms with van der Waals surface area (Å²) >= 11 is 3.39. The topological polar surface area (TPSA) is 54.8 Å². The van der Waals surface area contributed by atoms with Crippen molar-refractivity contribution in [3.05, 3.63) is 58.8 Å². The normalized spacial score (nSPS) is 16.5. The van der Waals surface area contributed by atoms with E-state index in [1.54, 1.807) is 12.4 Å². The second kappa shape index (κ2) is 6.91. The molecule has 1 aromatic carbocycles. The van der Waals surface area contributed by atoms with Crippen LogP contribution in [0.2, 0.25) is 0 Å². The third-order valence-electron chi connectivity index (χ3n) is 4.53. The Hall–Kier alpha value is -1.92. The zero-order chi connectivity index (χ0) is 16.4. The van der Waals surface area contributed by atoms with Crippen LogP contribution in [0, 0.1) is 0 Å². The quantitative estimate of drug-likeness (QED) is 0.691. The van der Waals surface area contributed by atoms with Gasteiger partial charge in [0, 0.05) is 37.3 Å². The molecule has 0 radical (unpaired) electrons. The van der Waals surface area contributed by atoms with Gasteiger partial charge in [-0.3, -0.25) is 14.9 Å². The van der Waals surface area contributed by atoms with Crippen LogP contribution < -0.4 is 0 Å². The van der Waals surface area contributed by atoms with E-state index in [-0.39, 0.29) is 0 Å². The van der Waals surface area contributed by atoms with E-state index in [4.69, 9.17) is 0 Å². The molecule has 0 saturated carbocycles. The van der Waals surface area contributed by atoms with Crippen LogP contribution >= 0.6 is 15.9 Å². The third kappa shape index (κ3) is 3.44. The maximum atomic E-state index is 4.45. The minimum atomic E-state index is 0.469. The molecule has 0 N–H and O–H groups in total. The van der Waals surface area contributed by atoms with Gasteiger partial charge in [0.15, 0.2) is 0 Å². The van der Waals surface area contributed by atoms with E-state index in [9.17, 15) is 0 Å². The van der Waals surface area contributed by atoms with Gasteiger partial charge in [-0.1, -0.05) is 6.07 Å². The molecule has 6 heteroatoms. The Labute approximate surface area is 149 Å². The number of likely N-dealkylation sites (tertiary alicyclic amines) is 1. The van der Waals surface area contributed by atoms with Crippen LogP contribution in [0.3, 0.4) is 0 Å². The average Bonchev–Trinajstić information content (AvgIpc) is 2.63. The summed E-state index contributed by atoms with van der Waals surface area (Å²) in [5.74, 6) is 1.44. The highest BCUT2D eigenvalue weighted by atomic mass is 79.9. The van der Waals surface area contributed by atoms with Crippen LogP contribution in [0.4, 0.5) is 0 Å². The first-order valence-electron chi connectivity index (χ1n) is 8.17. The molecule has 0 spiro atoms. The molecule has 1 saturated heterocycles. The van der Waals surface area contributed by atoms with Gasteiger partial charge in [0.1, 0.15) is 5.82 Å². The SMILES string of the molecule is Brc1cnc(C2CCN(Cc3ccc4nccnc4c3)CC2)nc1. The molecule has 1 aliphatic rings. The predicted molar refractivity (Wildman–Crippen MR) is 96.5 cm³/mol. The van der Waals surface area contributed by atoms with E-state index < -0.39 is 0 Å². The zero-order valence-corrected chi connectivity index (χ0v) is 14.9. The van der Waals surface area contributed by atoms with Crippen molar-refractivity contribution in [3.8, 4) is 0 Å². The van der Waals surface area contributed by atoms with Crippen LogP contribution in [0.5, 0.6) is 0 Å². The molecule has 2 aromatic heterocycles. The van der Waals surface area contributed by atoms with Crippen LogP contribution in [0.15, 0.2) is 47.5 Å². The lowest BCUT2D eigenvalue weighted by atomic mass is 9.95. The van der Waals surface area contributed by atoms with Gasteiger partial charge in [-0.2, -0.15) is 0 Å². The molecular weight excluding hydrogens is 366 g/mol. The highest BCUT2D eigenvalue weighted by molar-refractivity contribution is 9.10. The van der Waals surface area contributed by atoms with Crippen molar-refractivity contribution >= 4 is 27.0 Å². The van der Waals surface area contributed by atoms with Crippen LogP contribution in [-0.4, -0.2) is 37.9 Å². The summed E-state index contributed by atoms with van der Waals surface area (Å²) in [7, 11) is 0. The van der Waals surface area contributed by atoms with Gasteiger partial charge in [-0.25, -0.2) is 9.97 Å². The third-order valence-corrected chi connectivity index (χ3v) is 4.94. The number of fused-ring (bicyclic) bond motifs is 1. The van der Waals surface area contributed by atoms with Crippen LogP contribution in [-0.2, 0) is 6.54 Å². The number of rotatable bonds is 3. The number of benzene rings is 1. The molecule has 4 rings (SSSR count). The standard InChI is InChI=1S/C18H18BrN5/c19-15-10-22-18(23-11-15)14-3-7-24(8-4-14)12-13-1-2-16-17(9-13)21-6-5-20-16/h1-2,5-6,9-11,14H,3-4,7-8,12H2. The Kier molecular flexibility index (Phi) is 4.49. The predicted octanol–water partition coefficient (Wildman–Crippen LogP) is 3.56. The first-order chi connectivity index (χ1) is 11.8. The summed E-state index contributed by atoms with van der Waals surface area (Å²) in [6, 6.07) is 6.35. The minimum absolute atomic E-state index is 0.469. The molecule has 0 bridgehead atoms. The number of halogens is 1. The lowest BCUT2D eigenvalue weighted by Crippen LogP contribution is -2.32. The monoisotopic (exact) mass is 383 g/mol. The van der Waals surface area contributed by atoms with Gasteiger partial charge in [-0.05, 0) is 59.6 Å². The Morgan fingerprint density at radius 1 is 0.958 bits per heavy atom. The summed E-state index contributed by atoms with van der Waals surface area (Å²) in [6.07, 6.45) is 9.37. The number of nitrogens with zero attached hydrogens (tertiary/aromatic N) is 5. The maximum absolute atomic E-state index is 4.45. The van der Waals surface area contributed by atoms with E-state index in [2.05, 4.69) is 59.0 Å². The largest absolute Gasteiger partial charge is 0.299 e. The van der Waals surface area contributed by atoms with E-state index in [1.807, 2.05) is 12.4 Å². The smallest absolute Gasteiger partial charge is 0.131 e. The Balaban J connectivity index is 1.39.